The summed E-state index contributed by atoms with van der Waals surface area (Å²) in [6.45, 7) is 6.37. The van der Waals surface area contributed by atoms with Crippen LogP contribution < -0.4 is 5.73 Å². The number of benzene rings is 2. The Kier molecular flexibility index (Phi) is 2.69. The SMILES string of the molecule is Cc1cc(N)cc(-c2cccc(C)c2C)c1. The molecular weight excluding hydrogens is 194 g/mol. The minimum Gasteiger partial charge on any atom is -0.399 e. The third-order valence-electron chi connectivity index (χ3n) is 3.02. The van der Waals surface area contributed by atoms with Crippen molar-refractivity contribution in [2.45, 2.75) is 20.8 Å². The number of hydrogen-bond donors (Lipinski definition) is 1. The predicted molar refractivity (Wildman–Crippen MR) is 70.5 cm³/mol. The molecule has 2 N–H and O–H groups in total. The fourth-order valence-electron chi connectivity index (χ4n) is 2.03. The van der Waals surface area contributed by atoms with Gasteiger partial charge in [0.1, 0.15) is 0 Å². The summed E-state index contributed by atoms with van der Waals surface area (Å²) in [7, 11) is 0. The molecule has 0 radical (unpaired) electrons. The molecule has 0 aliphatic heterocycles. The van der Waals surface area contributed by atoms with Gasteiger partial charge in [0.15, 0.2) is 0 Å². The number of hydrogen-bond acceptors (Lipinski definition) is 1. The summed E-state index contributed by atoms with van der Waals surface area (Å²) in [4.78, 5) is 0. The number of rotatable bonds is 1. The van der Waals surface area contributed by atoms with Crippen molar-refractivity contribution in [3.05, 3.63) is 53.1 Å². The Morgan fingerprint density at radius 3 is 2.38 bits per heavy atom. The normalized spacial score (nSPS) is 10.4. The fraction of sp³-hybridized carbons (Fsp3) is 0.200. The van der Waals surface area contributed by atoms with Crippen LogP contribution in [0.5, 0.6) is 0 Å². The summed E-state index contributed by atoms with van der Waals surface area (Å²) >= 11 is 0. The van der Waals surface area contributed by atoms with E-state index in [4.69, 9.17) is 5.73 Å². The van der Waals surface area contributed by atoms with Crippen molar-refractivity contribution >= 4 is 5.69 Å². The molecule has 0 saturated heterocycles. The predicted octanol–water partition coefficient (Wildman–Crippen LogP) is 3.86. The van der Waals surface area contributed by atoms with Gasteiger partial charge in [0.05, 0.1) is 0 Å². The molecule has 0 heterocycles. The van der Waals surface area contributed by atoms with E-state index in [0.29, 0.717) is 0 Å². The zero-order valence-corrected chi connectivity index (χ0v) is 10.0. The molecule has 0 aliphatic carbocycles. The Hall–Kier alpha value is -1.76. The summed E-state index contributed by atoms with van der Waals surface area (Å²) in [6.07, 6.45) is 0. The largest absolute Gasteiger partial charge is 0.399 e. The molecule has 2 aromatic carbocycles. The van der Waals surface area contributed by atoms with Crippen LogP contribution in [-0.2, 0) is 0 Å². The zero-order valence-electron chi connectivity index (χ0n) is 10.0. The second kappa shape index (κ2) is 4.01. The van der Waals surface area contributed by atoms with Crippen LogP contribution in [0.1, 0.15) is 16.7 Å². The Labute approximate surface area is 96.9 Å². The van der Waals surface area contributed by atoms with E-state index in [2.05, 4.69) is 45.0 Å². The molecule has 0 saturated carbocycles. The molecule has 0 aromatic heterocycles. The van der Waals surface area contributed by atoms with Gasteiger partial charge in [0, 0.05) is 5.69 Å². The number of anilines is 1. The van der Waals surface area contributed by atoms with Gasteiger partial charge in [-0.2, -0.15) is 0 Å². The monoisotopic (exact) mass is 211 g/mol. The lowest BCUT2D eigenvalue weighted by Crippen LogP contribution is -1.91. The minimum absolute atomic E-state index is 0.830. The van der Waals surface area contributed by atoms with Crippen LogP contribution >= 0.6 is 0 Å². The van der Waals surface area contributed by atoms with Gasteiger partial charge in [-0.1, -0.05) is 24.3 Å². The molecule has 1 nitrogen and oxygen atoms in total. The summed E-state index contributed by atoms with van der Waals surface area (Å²) in [5.41, 5.74) is 13.0. The highest BCUT2D eigenvalue weighted by atomic mass is 14.5. The highest BCUT2D eigenvalue weighted by Gasteiger charge is 2.04. The molecule has 2 aromatic rings. The first kappa shape index (κ1) is 10.7. The molecule has 0 aliphatic rings. The van der Waals surface area contributed by atoms with Crippen LogP contribution in [0.15, 0.2) is 36.4 Å². The molecule has 0 amide bonds. The lowest BCUT2D eigenvalue weighted by molar-refractivity contribution is 1.34. The van der Waals surface area contributed by atoms with Crippen LogP contribution in [0.25, 0.3) is 11.1 Å². The summed E-state index contributed by atoms with van der Waals surface area (Å²) in [5.74, 6) is 0. The van der Waals surface area contributed by atoms with E-state index in [1.807, 2.05) is 12.1 Å². The average molecular weight is 211 g/mol. The maximum atomic E-state index is 5.88. The van der Waals surface area contributed by atoms with Gasteiger partial charge in [-0.25, -0.2) is 0 Å². The van der Waals surface area contributed by atoms with Crippen LogP contribution in [0.3, 0.4) is 0 Å². The third-order valence-corrected chi connectivity index (χ3v) is 3.02. The van der Waals surface area contributed by atoms with E-state index in [-0.39, 0.29) is 0 Å². The molecule has 0 atom stereocenters. The molecule has 0 fully saturated rings. The third kappa shape index (κ3) is 1.94. The first-order chi connectivity index (χ1) is 7.58. The van der Waals surface area contributed by atoms with Crippen LogP contribution in [0.4, 0.5) is 5.69 Å². The van der Waals surface area contributed by atoms with Crippen molar-refractivity contribution in [3.8, 4) is 11.1 Å². The van der Waals surface area contributed by atoms with E-state index in [9.17, 15) is 0 Å². The first-order valence-electron chi connectivity index (χ1n) is 5.51. The van der Waals surface area contributed by atoms with E-state index in [0.717, 1.165) is 5.69 Å². The van der Waals surface area contributed by atoms with Crippen molar-refractivity contribution < 1.29 is 0 Å². The van der Waals surface area contributed by atoms with E-state index >= 15 is 0 Å². The minimum atomic E-state index is 0.830. The van der Waals surface area contributed by atoms with Gasteiger partial charge < -0.3 is 5.73 Å². The molecule has 0 spiro atoms. The topological polar surface area (TPSA) is 26.0 Å². The molecule has 2 rings (SSSR count). The van der Waals surface area contributed by atoms with Crippen LogP contribution in [0.2, 0.25) is 0 Å². The Morgan fingerprint density at radius 2 is 1.69 bits per heavy atom. The van der Waals surface area contributed by atoms with Gasteiger partial charge in [-0.3, -0.25) is 0 Å². The molecule has 82 valence electrons. The Balaban J connectivity index is 2.63. The van der Waals surface area contributed by atoms with Gasteiger partial charge in [0.25, 0.3) is 0 Å². The summed E-state index contributed by atoms with van der Waals surface area (Å²) < 4.78 is 0. The smallest absolute Gasteiger partial charge is 0.0322 e. The molecular formula is C15H17N. The molecule has 16 heavy (non-hydrogen) atoms. The second-order valence-corrected chi connectivity index (χ2v) is 4.38. The fourth-order valence-corrected chi connectivity index (χ4v) is 2.03. The van der Waals surface area contributed by atoms with Gasteiger partial charge in [-0.15, -0.1) is 0 Å². The van der Waals surface area contributed by atoms with Crippen molar-refractivity contribution in [2.24, 2.45) is 0 Å². The van der Waals surface area contributed by atoms with Crippen LogP contribution in [-0.4, -0.2) is 0 Å². The number of nitrogens with two attached hydrogens (primary N) is 1. The van der Waals surface area contributed by atoms with Crippen molar-refractivity contribution in [1.29, 1.82) is 0 Å². The van der Waals surface area contributed by atoms with Crippen molar-refractivity contribution in [3.63, 3.8) is 0 Å². The zero-order chi connectivity index (χ0) is 11.7. The maximum absolute atomic E-state index is 5.88. The Morgan fingerprint density at radius 1 is 0.938 bits per heavy atom. The lowest BCUT2D eigenvalue weighted by Gasteiger charge is -2.10. The summed E-state index contributed by atoms with van der Waals surface area (Å²) in [6, 6.07) is 12.6. The first-order valence-corrected chi connectivity index (χ1v) is 5.51. The van der Waals surface area contributed by atoms with Gasteiger partial charge in [0.2, 0.25) is 0 Å². The van der Waals surface area contributed by atoms with E-state index < -0.39 is 0 Å². The molecule has 1 heteroatoms. The second-order valence-electron chi connectivity index (χ2n) is 4.38. The Bertz CT molecular complexity index is 507. The highest BCUT2D eigenvalue weighted by Crippen LogP contribution is 2.27. The quantitative estimate of drug-likeness (QED) is 0.712. The molecule has 0 bridgehead atoms. The lowest BCUT2D eigenvalue weighted by atomic mass is 9.96. The molecule has 0 unspecified atom stereocenters. The van der Waals surface area contributed by atoms with Crippen molar-refractivity contribution in [2.75, 3.05) is 5.73 Å². The highest BCUT2D eigenvalue weighted by molar-refractivity contribution is 5.72. The van der Waals surface area contributed by atoms with Gasteiger partial charge >= 0.3 is 0 Å². The number of nitrogen functional groups attached to an aromatic ring is 1. The van der Waals surface area contributed by atoms with Gasteiger partial charge in [-0.05, 0) is 60.7 Å². The standard InChI is InChI=1S/C15H17N/c1-10-7-13(9-14(16)8-10)15-6-4-5-11(2)12(15)3/h4-9H,16H2,1-3H3. The summed E-state index contributed by atoms with van der Waals surface area (Å²) in [5, 5.41) is 0. The van der Waals surface area contributed by atoms with Crippen molar-refractivity contribution in [1.82, 2.24) is 0 Å². The maximum Gasteiger partial charge on any atom is 0.0322 e. The number of aryl methyl sites for hydroxylation is 2. The van der Waals surface area contributed by atoms with E-state index in [1.165, 1.54) is 27.8 Å². The van der Waals surface area contributed by atoms with Crippen LogP contribution in [0, 0.1) is 20.8 Å². The average Bonchev–Trinajstić information content (AvgIpc) is 2.20. The van der Waals surface area contributed by atoms with E-state index in [1.54, 1.807) is 0 Å².